The molecule has 0 amide bonds. The van der Waals surface area contributed by atoms with E-state index in [4.69, 9.17) is 4.98 Å². The Morgan fingerprint density at radius 3 is 2.44 bits per heavy atom. The van der Waals surface area contributed by atoms with E-state index in [2.05, 4.69) is 39.2 Å². The van der Waals surface area contributed by atoms with Crippen LogP contribution in [0, 0.1) is 17.7 Å². The molecule has 0 atom stereocenters. The summed E-state index contributed by atoms with van der Waals surface area (Å²) >= 11 is 1.71. The number of nitrogens with zero attached hydrogens (tertiary/aromatic N) is 3. The van der Waals surface area contributed by atoms with Gasteiger partial charge in [-0.2, -0.15) is 0 Å². The summed E-state index contributed by atoms with van der Waals surface area (Å²) in [4.78, 5) is 9.50. The molecule has 1 aliphatic rings. The number of piperazine rings is 1. The zero-order chi connectivity index (χ0) is 18.5. The molecule has 1 saturated heterocycles. The van der Waals surface area contributed by atoms with Crippen molar-refractivity contribution in [1.29, 1.82) is 0 Å². The van der Waals surface area contributed by atoms with E-state index < -0.39 is 0 Å². The van der Waals surface area contributed by atoms with Gasteiger partial charge >= 0.3 is 0 Å². The van der Waals surface area contributed by atoms with Crippen molar-refractivity contribution in [1.82, 2.24) is 9.88 Å². The van der Waals surface area contributed by atoms with E-state index in [-0.39, 0.29) is 5.82 Å². The monoisotopic (exact) mass is 377 g/mol. The number of hydrogen-bond acceptors (Lipinski definition) is 4. The quantitative estimate of drug-likeness (QED) is 0.640. The number of halogens is 1. The predicted octanol–water partition coefficient (Wildman–Crippen LogP) is 4.12. The molecule has 2 aromatic carbocycles. The second-order valence-corrected chi connectivity index (χ2v) is 7.29. The Balaban J connectivity index is 1.30. The van der Waals surface area contributed by atoms with Crippen LogP contribution >= 0.6 is 11.3 Å². The third-order valence-corrected chi connectivity index (χ3v) is 5.49. The highest BCUT2D eigenvalue weighted by molar-refractivity contribution is 7.14. The Labute approximate surface area is 163 Å². The van der Waals surface area contributed by atoms with Crippen LogP contribution in [0.2, 0.25) is 0 Å². The van der Waals surface area contributed by atoms with Gasteiger partial charge in [-0.1, -0.05) is 42.2 Å². The highest BCUT2D eigenvalue weighted by atomic mass is 32.1. The van der Waals surface area contributed by atoms with Crippen molar-refractivity contribution in [2.75, 3.05) is 37.6 Å². The summed E-state index contributed by atoms with van der Waals surface area (Å²) in [5.41, 5.74) is 3.06. The van der Waals surface area contributed by atoms with Crippen molar-refractivity contribution >= 4 is 16.5 Å². The molecule has 1 fully saturated rings. The second-order valence-electron chi connectivity index (χ2n) is 6.45. The molecular weight excluding hydrogens is 357 g/mol. The third-order valence-electron chi connectivity index (χ3n) is 4.58. The minimum Gasteiger partial charge on any atom is -0.346 e. The Bertz CT molecular complexity index is 933. The average Bonchev–Trinajstić information content (AvgIpc) is 3.21. The van der Waals surface area contributed by atoms with Crippen LogP contribution in [0.15, 0.2) is 60.0 Å². The smallest absolute Gasteiger partial charge is 0.185 e. The van der Waals surface area contributed by atoms with Gasteiger partial charge in [0.15, 0.2) is 5.13 Å². The molecule has 0 bridgehead atoms. The molecule has 0 spiro atoms. The van der Waals surface area contributed by atoms with E-state index in [9.17, 15) is 4.39 Å². The Morgan fingerprint density at radius 1 is 0.963 bits per heavy atom. The average molecular weight is 377 g/mol. The van der Waals surface area contributed by atoms with Crippen molar-refractivity contribution in [2.24, 2.45) is 0 Å². The van der Waals surface area contributed by atoms with Gasteiger partial charge in [0.05, 0.1) is 12.2 Å². The van der Waals surface area contributed by atoms with Crippen molar-refractivity contribution < 1.29 is 4.39 Å². The molecule has 0 N–H and O–H groups in total. The Kier molecular flexibility index (Phi) is 5.47. The number of hydrogen-bond donors (Lipinski definition) is 0. The number of thiazole rings is 1. The summed E-state index contributed by atoms with van der Waals surface area (Å²) in [5.74, 6) is 6.07. The minimum absolute atomic E-state index is 0.228. The molecule has 1 aliphatic heterocycles. The van der Waals surface area contributed by atoms with Gasteiger partial charge in [0.2, 0.25) is 0 Å². The fourth-order valence-corrected chi connectivity index (χ4v) is 3.92. The van der Waals surface area contributed by atoms with E-state index in [1.807, 2.05) is 18.2 Å². The van der Waals surface area contributed by atoms with Gasteiger partial charge in [-0.3, -0.25) is 4.90 Å². The summed E-state index contributed by atoms with van der Waals surface area (Å²) in [6, 6.07) is 16.6. The van der Waals surface area contributed by atoms with E-state index in [1.54, 1.807) is 23.5 Å². The molecule has 2 heterocycles. The van der Waals surface area contributed by atoms with Gasteiger partial charge < -0.3 is 4.90 Å². The first-order chi connectivity index (χ1) is 13.3. The van der Waals surface area contributed by atoms with Crippen molar-refractivity contribution in [2.45, 2.75) is 0 Å². The van der Waals surface area contributed by atoms with Crippen molar-refractivity contribution in [3.63, 3.8) is 0 Å². The fraction of sp³-hybridized carbons (Fsp3) is 0.227. The molecule has 0 saturated carbocycles. The topological polar surface area (TPSA) is 19.4 Å². The lowest BCUT2D eigenvalue weighted by Gasteiger charge is -2.33. The van der Waals surface area contributed by atoms with Crippen LogP contribution < -0.4 is 4.90 Å². The van der Waals surface area contributed by atoms with Crippen molar-refractivity contribution in [3.8, 4) is 23.1 Å². The Morgan fingerprint density at radius 2 is 1.70 bits per heavy atom. The highest BCUT2D eigenvalue weighted by Gasteiger charge is 2.19. The van der Waals surface area contributed by atoms with Crippen LogP contribution in [-0.4, -0.2) is 42.6 Å². The summed E-state index contributed by atoms with van der Waals surface area (Å²) in [6.45, 7) is 4.59. The van der Waals surface area contributed by atoms with E-state index in [0.29, 0.717) is 0 Å². The van der Waals surface area contributed by atoms with Crippen LogP contribution in [0.25, 0.3) is 11.3 Å². The lowest BCUT2D eigenvalue weighted by atomic mass is 10.2. The molecule has 136 valence electrons. The Hall–Kier alpha value is -2.68. The van der Waals surface area contributed by atoms with Gasteiger partial charge in [0, 0.05) is 42.7 Å². The summed E-state index contributed by atoms with van der Waals surface area (Å²) < 4.78 is 12.9. The van der Waals surface area contributed by atoms with E-state index in [1.165, 1.54) is 12.1 Å². The molecule has 5 heteroatoms. The van der Waals surface area contributed by atoms with E-state index in [0.717, 1.165) is 54.7 Å². The molecule has 3 aromatic rings. The largest absolute Gasteiger partial charge is 0.346 e. The zero-order valence-corrected chi connectivity index (χ0v) is 15.8. The molecule has 0 radical (unpaired) electrons. The number of aromatic nitrogens is 1. The summed E-state index contributed by atoms with van der Waals surface area (Å²) in [5, 5.41) is 3.22. The number of rotatable bonds is 3. The molecule has 1 aromatic heterocycles. The molecule has 4 rings (SSSR count). The third kappa shape index (κ3) is 4.54. The molecule has 27 heavy (non-hydrogen) atoms. The molecule has 3 nitrogen and oxygen atoms in total. The van der Waals surface area contributed by atoms with Crippen LogP contribution in [0.5, 0.6) is 0 Å². The van der Waals surface area contributed by atoms with Crippen molar-refractivity contribution in [3.05, 3.63) is 71.4 Å². The summed E-state index contributed by atoms with van der Waals surface area (Å²) in [7, 11) is 0. The van der Waals surface area contributed by atoms with Crippen LogP contribution in [-0.2, 0) is 0 Å². The highest BCUT2D eigenvalue weighted by Crippen LogP contribution is 2.27. The standard InChI is InChI=1S/C22H20FN3S/c23-20-10-8-18(9-11-20)5-4-12-25-13-15-26(16-14-25)22-24-21(17-27-22)19-6-2-1-3-7-19/h1-3,6-11,17H,12-16H2. The zero-order valence-electron chi connectivity index (χ0n) is 14.9. The second kappa shape index (κ2) is 8.34. The minimum atomic E-state index is -0.228. The predicted molar refractivity (Wildman–Crippen MR) is 109 cm³/mol. The van der Waals surface area contributed by atoms with Gasteiger partial charge in [-0.15, -0.1) is 11.3 Å². The van der Waals surface area contributed by atoms with Crippen LogP contribution in [0.3, 0.4) is 0 Å². The first kappa shape index (κ1) is 17.7. The normalized spacial score (nSPS) is 14.6. The maximum absolute atomic E-state index is 12.9. The van der Waals surface area contributed by atoms with E-state index >= 15 is 0 Å². The number of anilines is 1. The first-order valence-corrected chi connectivity index (χ1v) is 9.88. The fourth-order valence-electron chi connectivity index (χ4n) is 3.03. The molecule has 0 aliphatic carbocycles. The lowest BCUT2D eigenvalue weighted by Crippen LogP contribution is -2.46. The lowest BCUT2D eigenvalue weighted by molar-refractivity contribution is 0.288. The van der Waals surface area contributed by atoms with Gasteiger partial charge in [0.25, 0.3) is 0 Å². The van der Waals surface area contributed by atoms with Crippen LogP contribution in [0.1, 0.15) is 5.56 Å². The van der Waals surface area contributed by atoms with Gasteiger partial charge in [-0.05, 0) is 24.3 Å². The van der Waals surface area contributed by atoms with Gasteiger partial charge in [-0.25, -0.2) is 9.37 Å². The summed E-state index contributed by atoms with van der Waals surface area (Å²) in [6.07, 6.45) is 0. The SMILES string of the molecule is Fc1ccc(C#CCN2CCN(c3nc(-c4ccccc4)cs3)CC2)cc1. The first-order valence-electron chi connectivity index (χ1n) is 9.01. The molecular formula is C22H20FN3S. The maximum atomic E-state index is 12.9. The molecule has 0 unspecified atom stereocenters. The van der Waals surface area contributed by atoms with Crippen LogP contribution in [0.4, 0.5) is 9.52 Å². The van der Waals surface area contributed by atoms with Gasteiger partial charge in [0.1, 0.15) is 5.82 Å². The number of benzene rings is 2. The maximum Gasteiger partial charge on any atom is 0.185 e.